The SMILES string of the molecule is CC1CCCC(C)N1NCC(O)c1ccc(F)c(F)c1. The Morgan fingerprint density at radius 2 is 1.90 bits per heavy atom. The van der Waals surface area contributed by atoms with Gasteiger partial charge in [-0.3, -0.25) is 5.43 Å². The van der Waals surface area contributed by atoms with E-state index in [1.807, 2.05) is 0 Å². The molecule has 20 heavy (non-hydrogen) atoms. The van der Waals surface area contributed by atoms with Crippen LogP contribution in [0, 0.1) is 11.6 Å². The fraction of sp³-hybridized carbons (Fsp3) is 0.600. The van der Waals surface area contributed by atoms with Crippen LogP contribution in [0.2, 0.25) is 0 Å². The minimum atomic E-state index is -0.929. The van der Waals surface area contributed by atoms with Crippen molar-refractivity contribution in [3.8, 4) is 0 Å². The van der Waals surface area contributed by atoms with Gasteiger partial charge in [0.05, 0.1) is 6.10 Å². The second kappa shape index (κ2) is 6.61. The summed E-state index contributed by atoms with van der Waals surface area (Å²) in [6.07, 6.45) is 2.61. The highest BCUT2D eigenvalue weighted by atomic mass is 19.2. The van der Waals surface area contributed by atoms with Crippen molar-refractivity contribution < 1.29 is 13.9 Å². The Hall–Kier alpha value is -1.04. The molecule has 0 aromatic heterocycles. The summed E-state index contributed by atoms with van der Waals surface area (Å²) in [6.45, 7) is 4.58. The predicted octanol–water partition coefficient (Wildman–Crippen LogP) is 2.77. The molecule has 1 aliphatic heterocycles. The van der Waals surface area contributed by atoms with Crippen molar-refractivity contribution >= 4 is 0 Å². The first-order chi connectivity index (χ1) is 9.49. The summed E-state index contributed by atoms with van der Waals surface area (Å²) in [7, 11) is 0. The van der Waals surface area contributed by atoms with E-state index in [-0.39, 0.29) is 0 Å². The van der Waals surface area contributed by atoms with E-state index in [1.165, 1.54) is 12.5 Å². The molecule has 2 N–H and O–H groups in total. The third kappa shape index (κ3) is 3.53. The second-order valence-electron chi connectivity index (χ2n) is 5.59. The largest absolute Gasteiger partial charge is 0.387 e. The summed E-state index contributed by atoms with van der Waals surface area (Å²) in [6, 6.07) is 4.32. The van der Waals surface area contributed by atoms with E-state index in [0.29, 0.717) is 24.2 Å². The van der Waals surface area contributed by atoms with Crippen molar-refractivity contribution in [2.24, 2.45) is 0 Å². The van der Waals surface area contributed by atoms with Gasteiger partial charge in [0, 0.05) is 18.6 Å². The molecular formula is C15H22F2N2O. The smallest absolute Gasteiger partial charge is 0.159 e. The van der Waals surface area contributed by atoms with E-state index in [0.717, 1.165) is 25.0 Å². The van der Waals surface area contributed by atoms with Crippen LogP contribution in [-0.4, -0.2) is 28.7 Å². The molecule has 112 valence electrons. The molecule has 1 heterocycles. The Morgan fingerprint density at radius 1 is 1.25 bits per heavy atom. The molecule has 3 atom stereocenters. The highest BCUT2D eigenvalue weighted by Gasteiger charge is 2.25. The first kappa shape index (κ1) is 15.4. The van der Waals surface area contributed by atoms with Gasteiger partial charge in [-0.1, -0.05) is 12.5 Å². The maximum absolute atomic E-state index is 13.1. The maximum Gasteiger partial charge on any atom is 0.159 e. The summed E-state index contributed by atoms with van der Waals surface area (Å²) < 4.78 is 26.0. The Morgan fingerprint density at radius 3 is 2.50 bits per heavy atom. The zero-order chi connectivity index (χ0) is 14.7. The zero-order valence-corrected chi connectivity index (χ0v) is 11.9. The molecule has 1 saturated heterocycles. The van der Waals surface area contributed by atoms with Crippen LogP contribution in [-0.2, 0) is 0 Å². The van der Waals surface area contributed by atoms with Gasteiger partial charge >= 0.3 is 0 Å². The molecule has 0 radical (unpaired) electrons. The standard InChI is InChI=1S/C15H22F2N2O/c1-10-4-3-5-11(2)19(10)18-9-15(20)12-6-7-13(16)14(17)8-12/h6-8,10-11,15,18,20H,3-5,9H2,1-2H3. The molecule has 0 spiro atoms. The molecule has 1 fully saturated rings. The van der Waals surface area contributed by atoms with Crippen LogP contribution in [0.25, 0.3) is 0 Å². The number of aliphatic hydroxyl groups excluding tert-OH is 1. The van der Waals surface area contributed by atoms with Crippen LogP contribution in [0.4, 0.5) is 8.78 Å². The first-order valence-corrected chi connectivity index (χ1v) is 7.14. The van der Waals surface area contributed by atoms with Gasteiger partial charge < -0.3 is 5.11 Å². The predicted molar refractivity (Wildman–Crippen MR) is 73.9 cm³/mol. The van der Waals surface area contributed by atoms with Crippen LogP contribution >= 0.6 is 0 Å². The highest BCUT2D eigenvalue weighted by molar-refractivity contribution is 5.20. The number of halogens is 2. The Bertz CT molecular complexity index is 445. The summed E-state index contributed by atoms with van der Waals surface area (Å²) in [4.78, 5) is 0. The Labute approximate surface area is 118 Å². The van der Waals surface area contributed by atoms with E-state index >= 15 is 0 Å². The Balaban J connectivity index is 1.94. The maximum atomic E-state index is 13.1. The number of hydrogen-bond donors (Lipinski definition) is 2. The lowest BCUT2D eigenvalue weighted by molar-refractivity contribution is 0.0262. The number of nitrogens with one attached hydrogen (secondary N) is 1. The lowest BCUT2D eigenvalue weighted by Crippen LogP contribution is -2.52. The molecule has 5 heteroatoms. The third-order valence-corrected chi connectivity index (χ3v) is 3.99. The Kier molecular flexibility index (Phi) is 5.07. The van der Waals surface area contributed by atoms with Gasteiger partial charge in [-0.15, -0.1) is 0 Å². The average molecular weight is 284 g/mol. The minimum Gasteiger partial charge on any atom is -0.387 e. The van der Waals surface area contributed by atoms with Crippen molar-refractivity contribution in [2.75, 3.05) is 6.54 Å². The topological polar surface area (TPSA) is 35.5 Å². The van der Waals surface area contributed by atoms with E-state index in [2.05, 4.69) is 24.3 Å². The number of aliphatic hydroxyl groups is 1. The first-order valence-electron chi connectivity index (χ1n) is 7.14. The quantitative estimate of drug-likeness (QED) is 0.892. The fourth-order valence-electron chi connectivity index (χ4n) is 2.76. The van der Waals surface area contributed by atoms with Crippen LogP contribution in [0.15, 0.2) is 18.2 Å². The van der Waals surface area contributed by atoms with Gasteiger partial charge in [-0.05, 0) is 44.4 Å². The molecule has 0 bridgehead atoms. The highest BCUT2D eigenvalue weighted by Crippen LogP contribution is 2.21. The van der Waals surface area contributed by atoms with Crippen LogP contribution in [0.5, 0.6) is 0 Å². The van der Waals surface area contributed by atoms with E-state index < -0.39 is 17.7 Å². The molecule has 3 unspecified atom stereocenters. The van der Waals surface area contributed by atoms with E-state index in [4.69, 9.17) is 0 Å². The summed E-state index contributed by atoms with van der Waals surface area (Å²) in [5, 5.41) is 12.2. The number of rotatable bonds is 4. The van der Waals surface area contributed by atoms with Gasteiger partial charge in [0.2, 0.25) is 0 Å². The third-order valence-electron chi connectivity index (χ3n) is 3.99. The number of hydrazine groups is 1. The molecule has 0 amide bonds. The lowest BCUT2D eigenvalue weighted by Gasteiger charge is -2.39. The van der Waals surface area contributed by atoms with Crippen molar-refractivity contribution in [1.29, 1.82) is 0 Å². The van der Waals surface area contributed by atoms with Crippen LogP contribution in [0.3, 0.4) is 0 Å². The molecule has 3 nitrogen and oxygen atoms in total. The number of hydrogen-bond acceptors (Lipinski definition) is 3. The summed E-state index contributed by atoms with van der Waals surface area (Å²) in [5.74, 6) is -1.83. The summed E-state index contributed by atoms with van der Waals surface area (Å²) in [5.41, 5.74) is 3.60. The van der Waals surface area contributed by atoms with E-state index in [1.54, 1.807) is 0 Å². The van der Waals surface area contributed by atoms with Crippen LogP contribution < -0.4 is 5.43 Å². The van der Waals surface area contributed by atoms with Crippen molar-refractivity contribution in [3.05, 3.63) is 35.4 Å². The number of benzene rings is 1. The van der Waals surface area contributed by atoms with Gasteiger partial charge in [0.25, 0.3) is 0 Å². The van der Waals surface area contributed by atoms with Gasteiger partial charge in [-0.25, -0.2) is 13.8 Å². The molecule has 1 aromatic carbocycles. The lowest BCUT2D eigenvalue weighted by atomic mass is 10.00. The van der Waals surface area contributed by atoms with E-state index in [9.17, 15) is 13.9 Å². The minimum absolute atomic E-state index is 0.291. The molecule has 1 aromatic rings. The van der Waals surface area contributed by atoms with Gasteiger partial charge in [0.15, 0.2) is 11.6 Å². The molecule has 0 aliphatic carbocycles. The van der Waals surface area contributed by atoms with Crippen LogP contribution in [0.1, 0.15) is 44.8 Å². The zero-order valence-electron chi connectivity index (χ0n) is 11.9. The average Bonchev–Trinajstić information content (AvgIpc) is 2.41. The molecule has 1 aliphatic rings. The van der Waals surface area contributed by atoms with Crippen molar-refractivity contribution in [2.45, 2.75) is 51.3 Å². The monoisotopic (exact) mass is 284 g/mol. The molecule has 2 rings (SSSR count). The van der Waals surface area contributed by atoms with Gasteiger partial charge in [0.1, 0.15) is 0 Å². The molecular weight excluding hydrogens is 262 g/mol. The van der Waals surface area contributed by atoms with Gasteiger partial charge in [-0.2, -0.15) is 0 Å². The number of nitrogens with zero attached hydrogens (tertiary/aromatic N) is 1. The van der Waals surface area contributed by atoms with Crippen molar-refractivity contribution in [1.82, 2.24) is 10.4 Å². The summed E-state index contributed by atoms with van der Waals surface area (Å²) >= 11 is 0. The molecule has 0 saturated carbocycles. The fourth-order valence-corrected chi connectivity index (χ4v) is 2.76. The normalized spacial score (nSPS) is 25.6. The number of piperidine rings is 1. The second-order valence-corrected chi connectivity index (χ2v) is 5.59. The van der Waals surface area contributed by atoms with Crippen molar-refractivity contribution in [3.63, 3.8) is 0 Å².